The van der Waals surface area contributed by atoms with Gasteiger partial charge in [0.1, 0.15) is 0 Å². The molecule has 146 valence electrons. The molecule has 0 aliphatic carbocycles. The maximum Gasteiger partial charge on any atom is 0.416 e. The van der Waals surface area contributed by atoms with Crippen molar-refractivity contribution in [3.05, 3.63) is 83.7 Å². The number of rotatable bonds is 4. The minimum atomic E-state index is -4.36. The molecule has 6 heteroatoms. The molecule has 0 bridgehead atoms. The van der Waals surface area contributed by atoms with Gasteiger partial charge in [-0.15, -0.1) is 0 Å². The molecule has 3 aromatic rings. The zero-order valence-electron chi connectivity index (χ0n) is 15.5. The van der Waals surface area contributed by atoms with E-state index in [1.54, 1.807) is 16.8 Å². The van der Waals surface area contributed by atoms with Crippen molar-refractivity contribution in [1.29, 1.82) is 0 Å². The van der Waals surface area contributed by atoms with E-state index in [4.69, 9.17) is 4.74 Å². The first kappa shape index (κ1) is 18.6. The molecule has 0 saturated carbocycles. The van der Waals surface area contributed by atoms with Crippen LogP contribution >= 0.6 is 0 Å². The number of anilines is 1. The number of nitrogens with zero attached hydrogens (tertiary/aromatic N) is 2. The van der Waals surface area contributed by atoms with Crippen LogP contribution in [-0.4, -0.2) is 17.7 Å². The SMILES string of the molecule is CCc1ccc(N2CCO[C@@H]2c2ccn(-c3cccc(C(F)(F)F)c3)c2)cc1. The summed E-state index contributed by atoms with van der Waals surface area (Å²) in [5.41, 5.74) is 3.07. The molecule has 0 N–H and O–H groups in total. The molecular formula is C22H21F3N2O. The molecule has 1 fully saturated rings. The van der Waals surface area contributed by atoms with Crippen LogP contribution in [0.5, 0.6) is 0 Å². The molecule has 1 atom stereocenters. The van der Waals surface area contributed by atoms with Crippen LogP contribution < -0.4 is 4.90 Å². The number of hydrogen-bond donors (Lipinski definition) is 0. The topological polar surface area (TPSA) is 17.4 Å². The van der Waals surface area contributed by atoms with Crippen molar-refractivity contribution >= 4 is 5.69 Å². The summed E-state index contributed by atoms with van der Waals surface area (Å²) in [4.78, 5) is 2.17. The van der Waals surface area contributed by atoms with Crippen molar-refractivity contribution in [1.82, 2.24) is 4.57 Å². The second-order valence-electron chi connectivity index (χ2n) is 6.84. The third-order valence-corrected chi connectivity index (χ3v) is 5.04. The lowest BCUT2D eigenvalue weighted by molar-refractivity contribution is -0.137. The number of ether oxygens (including phenoxy) is 1. The summed E-state index contributed by atoms with van der Waals surface area (Å²) in [6.45, 7) is 3.49. The van der Waals surface area contributed by atoms with Crippen LogP contribution in [-0.2, 0) is 17.3 Å². The summed E-state index contributed by atoms with van der Waals surface area (Å²) in [7, 11) is 0. The van der Waals surface area contributed by atoms with Gasteiger partial charge in [-0.25, -0.2) is 0 Å². The van der Waals surface area contributed by atoms with Gasteiger partial charge in [-0.3, -0.25) is 0 Å². The van der Waals surface area contributed by atoms with E-state index >= 15 is 0 Å². The van der Waals surface area contributed by atoms with Gasteiger partial charge in [0.15, 0.2) is 6.23 Å². The van der Waals surface area contributed by atoms with Crippen molar-refractivity contribution in [2.24, 2.45) is 0 Å². The van der Waals surface area contributed by atoms with Gasteiger partial charge in [0.2, 0.25) is 0 Å². The van der Waals surface area contributed by atoms with Gasteiger partial charge in [-0.2, -0.15) is 13.2 Å². The van der Waals surface area contributed by atoms with E-state index < -0.39 is 11.7 Å². The third kappa shape index (κ3) is 3.64. The van der Waals surface area contributed by atoms with E-state index in [-0.39, 0.29) is 6.23 Å². The summed E-state index contributed by atoms with van der Waals surface area (Å²) in [6.07, 6.45) is -0.0225. The number of benzene rings is 2. The summed E-state index contributed by atoms with van der Waals surface area (Å²) in [6, 6.07) is 15.6. The highest BCUT2D eigenvalue weighted by Crippen LogP contribution is 2.34. The Morgan fingerprint density at radius 3 is 2.54 bits per heavy atom. The van der Waals surface area contributed by atoms with Gasteiger partial charge in [0, 0.05) is 35.9 Å². The van der Waals surface area contributed by atoms with Crippen molar-refractivity contribution < 1.29 is 17.9 Å². The van der Waals surface area contributed by atoms with Crippen LogP contribution in [0.3, 0.4) is 0 Å². The minimum Gasteiger partial charge on any atom is -0.352 e. The zero-order valence-corrected chi connectivity index (χ0v) is 15.5. The molecule has 0 unspecified atom stereocenters. The molecule has 1 aromatic heterocycles. The number of halogens is 3. The largest absolute Gasteiger partial charge is 0.416 e. The highest BCUT2D eigenvalue weighted by atomic mass is 19.4. The Labute approximate surface area is 162 Å². The Morgan fingerprint density at radius 1 is 1.04 bits per heavy atom. The number of aromatic nitrogens is 1. The first-order chi connectivity index (χ1) is 13.5. The molecule has 1 aliphatic heterocycles. The van der Waals surface area contributed by atoms with E-state index in [2.05, 4.69) is 36.1 Å². The molecule has 4 rings (SSSR count). The summed E-state index contributed by atoms with van der Waals surface area (Å²) < 4.78 is 46.6. The van der Waals surface area contributed by atoms with Crippen molar-refractivity contribution in [3.8, 4) is 5.69 Å². The van der Waals surface area contributed by atoms with Crippen LogP contribution in [0.15, 0.2) is 67.0 Å². The van der Waals surface area contributed by atoms with Crippen LogP contribution in [0, 0.1) is 0 Å². The van der Waals surface area contributed by atoms with Crippen LogP contribution in [0.1, 0.15) is 29.8 Å². The van der Waals surface area contributed by atoms with E-state index in [1.165, 1.54) is 11.6 Å². The fourth-order valence-electron chi connectivity index (χ4n) is 3.50. The lowest BCUT2D eigenvalue weighted by Gasteiger charge is -2.24. The minimum absolute atomic E-state index is 0.250. The molecule has 2 heterocycles. The number of aryl methyl sites for hydroxylation is 1. The fourth-order valence-corrected chi connectivity index (χ4v) is 3.50. The molecule has 28 heavy (non-hydrogen) atoms. The Balaban J connectivity index is 1.59. The van der Waals surface area contributed by atoms with Crippen molar-refractivity contribution in [3.63, 3.8) is 0 Å². The molecule has 2 aromatic carbocycles. The Hall–Kier alpha value is -2.73. The van der Waals surface area contributed by atoms with Crippen molar-refractivity contribution in [2.75, 3.05) is 18.1 Å². The normalized spacial score (nSPS) is 17.3. The van der Waals surface area contributed by atoms with Gasteiger partial charge >= 0.3 is 6.18 Å². The molecule has 0 radical (unpaired) electrons. The molecule has 0 spiro atoms. The fraction of sp³-hybridized carbons (Fsp3) is 0.273. The molecule has 1 aliphatic rings. The van der Waals surface area contributed by atoms with E-state index in [0.29, 0.717) is 12.3 Å². The zero-order chi connectivity index (χ0) is 19.7. The maximum atomic E-state index is 13.0. The average molecular weight is 386 g/mol. The van der Waals surface area contributed by atoms with Crippen LogP contribution in [0.25, 0.3) is 5.69 Å². The van der Waals surface area contributed by atoms with E-state index in [1.807, 2.05) is 12.3 Å². The molecule has 0 amide bonds. The third-order valence-electron chi connectivity index (χ3n) is 5.04. The Kier molecular flexibility index (Phi) is 4.89. The van der Waals surface area contributed by atoms with Gasteiger partial charge < -0.3 is 14.2 Å². The lowest BCUT2D eigenvalue weighted by atomic mass is 10.1. The smallest absolute Gasteiger partial charge is 0.352 e. The highest BCUT2D eigenvalue weighted by Gasteiger charge is 2.31. The summed E-state index contributed by atoms with van der Waals surface area (Å²) in [5, 5.41) is 0. The lowest BCUT2D eigenvalue weighted by Crippen LogP contribution is -2.22. The molecular weight excluding hydrogens is 365 g/mol. The maximum absolute atomic E-state index is 13.0. The monoisotopic (exact) mass is 386 g/mol. The predicted octanol–water partition coefficient (Wildman–Crippen LogP) is 5.59. The molecule has 3 nitrogen and oxygen atoms in total. The second kappa shape index (κ2) is 7.36. The van der Waals surface area contributed by atoms with Gasteiger partial charge in [-0.1, -0.05) is 25.1 Å². The summed E-state index contributed by atoms with van der Waals surface area (Å²) in [5.74, 6) is 0. The van der Waals surface area contributed by atoms with Crippen LogP contribution in [0.2, 0.25) is 0 Å². The van der Waals surface area contributed by atoms with E-state index in [0.717, 1.165) is 36.3 Å². The standard InChI is InChI=1S/C22H21F3N2O/c1-2-16-6-8-19(9-7-16)27-12-13-28-21(27)17-10-11-26(15-17)20-5-3-4-18(14-20)22(23,24)25/h3-11,14-15,21H,2,12-13H2,1H3/t21-/m1/s1. The first-order valence-corrected chi connectivity index (χ1v) is 9.28. The quantitative estimate of drug-likeness (QED) is 0.581. The van der Waals surface area contributed by atoms with Gasteiger partial charge in [-0.05, 0) is 48.4 Å². The van der Waals surface area contributed by atoms with Crippen LogP contribution in [0.4, 0.5) is 18.9 Å². The Bertz CT molecular complexity index is 947. The number of alkyl halides is 3. The van der Waals surface area contributed by atoms with Gasteiger partial charge in [0.25, 0.3) is 0 Å². The predicted molar refractivity (Wildman–Crippen MR) is 103 cm³/mol. The second-order valence-corrected chi connectivity index (χ2v) is 6.84. The average Bonchev–Trinajstić information content (AvgIpc) is 3.37. The Morgan fingerprint density at radius 2 is 1.82 bits per heavy atom. The number of hydrogen-bond acceptors (Lipinski definition) is 2. The first-order valence-electron chi connectivity index (χ1n) is 9.28. The highest BCUT2D eigenvalue weighted by molar-refractivity contribution is 5.50. The molecule has 1 saturated heterocycles. The van der Waals surface area contributed by atoms with E-state index in [9.17, 15) is 13.2 Å². The van der Waals surface area contributed by atoms with Gasteiger partial charge in [0.05, 0.1) is 12.2 Å². The van der Waals surface area contributed by atoms with Crippen molar-refractivity contribution in [2.45, 2.75) is 25.7 Å². The summed E-state index contributed by atoms with van der Waals surface area (Å²) >= 11 is 0.